The van der Waals surface area contributed by atoms with Crippen molar-refractivity contribution in [1.82, 2.24) is 0 Å². The maximum Gasteiger partial charge on any atom is 0.143 e. The standard InChI is InChI=1S/C52H30O2/c1-2-11-32-26-34(21-20-31(32)10-1)33-12-9-13-36(27-33)50-39-15-3-5-17-41(39)51(42-18-6-4-16-40(42)50)37-23-25-48-45(29-37)46-28-35-22-24-43-38-14-7-8-19-47(38)54-52(43)44(35)30-49(46)53-48/h1-30H. The van der Waals surface area contributed by atoms with Crippen molar-refractivity contribution < 1.29 is 8.83 Å². The van der Waals surface area contributed by atoms with Crippen LogP contribution in [0.3, 0.4) is 0 Å². The van der Waals surface area contributed by atoms with Gasteiger partial charge in [-0.15, -0.1) is 0 Å². The first-order valence-electron chi connectivity index (χ1n) is 18.5. The second-order valence-corrected chi connectivity index (χ2v) is 14.4. The van der Waals surface area contributed by atoms with E-state index in [4.69, 9.17) is 8.83 Å². The van der Waals surface area contributed by atoms with Crippen LogP contribution >= 0.6 is 0 Å². The van der Waals surface area contributed by atoms with Crippen LogP contribution in [0.1, 0.15) is 0 Å². The number of furan rings is 2. The van der Waals surface area contributed by atoms with E-state index in [2.05, 4.69) is 170 Å². The summed E-state index contributed by atoms with van der Waals surface area (Å²) in [5, 5.41) is 14.1. The van der Waals surface area contributed by atoms with Gasteiger partial charge in [-0.1, -0.05) is 133 Å². The van der Waals surface area contributed by atoms with E-state index in [9.17, 15) is 0 Å². The average molecular weight is 687 g/mol. The first-order valence-corrected chi connectivity index (χ1v) is 18.5. The molecule has 250 valence electrons. The van der Waals surface area contributed by atoms with Gasteiger partial charge in [0, 0.05) is 26.9 Å². The minimum Gasteiger partial charge on any atom is -0.456 e. The van der Waals surface area contributed by atoms with Crippen LogP contribution in [0.5, 0.6) is 0 Å². The molecule has 54 heavy (non-hydrogen) atoms. The highest BCUT2D eigenvalue weighted by molar-refractivity contribution is 6.23. The van der Waals surface area contributed by atoms with E-state index in [1.165, 1.54) is 65.7 Å². The third-order valence-corrected chi connectivity index (χ3v) is 11.4. The molecule has 0 unspecified atom stereocenters. The number of para-hydroxylation sites is 1. The first kappa shape index (κ1) is 29.4. The quantitative estimate of drug-likeness (QED) is 0.173. The van der Waals surface area contributed by atoms with Gasteiger partial charge in [-0.25, -0.2) is 0 Å². The van der Waals surface area contributed by atoms with Crippen LogP contribution in [0.15, 0.2) is 191 Å². The second-order valence-electron chi connectivity index (χ2n) is 14.4. The predicted octanol–water partition coefficient (Wildman–Crippen LogP) is 15.1. The van der Waals surface area contributed by atoms with Crippen molar-refractivity contribution in [2.45, 2.75) is 0 Å². The molecule has 2 nitrogen and oxygen atoms in total. The summed E-state index contributed by atoms with van der Waals surface area (Å²) in [6.45, 7) is 0. The Kier molecular flexibility index (Phi) is 6.09. The maximum atomic E-state index is 6.56. The molecule has 12 aromatic rings. The molecule has 0 fully saturated rings. The summed E-state index contributed by atoms with van der Waals surface area (Å²) in [5.41, 5.74) is 10.8. The lowest BCUT2D eigenvalue weighted by atomic mass is 9.85. The van der Waals surface area contributed by atoms with E-state index in [0.29, 0.717) is 0 Å². The van der Waals surface area contributed by atoms with Crippen LogP contribution in [-0.2, 0) is 0 Å². The van der Waals surface area contributed by atoms with Gasteiger partial charge in [0.2, 0.25) is 0 Å². The van der Waals surface area contributed by atoms with Crippen LogP contribution in [0.2, 0.25) is 0 Å². The molecule has 0 radical (unpaired) electrons. The third-order valence-electron chi connectivity index (χ3n) is 11.4. The van der Waals surface area contributed by atoms with Gasteiger partial charge < -0.3 is 8.83 Å². The Morgan fingerprint density at radius 2 is 0.815 bits per heavy atom. The Bertz CT molecular complexity index is 3450. The molecule has 0 saturated heterocycles. The van der Waals surface area contributed by atoms with Gasteiger partial charge in [-0.2, -0.15) is 0 Å². The monoisotopic (exact) mass is 686 g/mol. The minimum atomic E-state index is 0.860. The topological polar surface area (TPSA) is 26.3 Å². The van der Waals surface area contributed by atoms with Gasteiger partial charge in [0.25, 0.3) is 0 Å². The molecular formula is C52H30O2. The Morgan fingerprint density at radius 1 is 0.241 bits per heavy atom. The van der Waals surface area contributed by atoms with Crippen molar-refractivity contribution >= 4 is 87.0 Å². The van der Waals surface area contributed by atoms with Crippen molar-refractivity contribution in [3.8, 4) is 33.4 Å². The summed E-state index contributed by atoms with van der Waals surface area (Å²) < 4.78 is 12.9. The Labute approximate surface area is 310 Å². The molecule has 2 heterocycles. The zero-order valence-electron chi connectivity index (χ0n) is 29.1. The van der Waals surface area contributed by atoms with E-state index in [0.717, 1.165) is 54.6 Å². The van der Waals surface area contributed by atoms with Gasteiger partial charge in [0.15, 0.2) is 0 Å². The van der Waals surface area contributed by atoms with Gasteiger partial charge in [0.05, 0.1) is 0 Å². The van der Waals surface area contributed by atoms with Crippen molar-refractivity contribution in [3.05, 3.63) is 182 Å². The highest BCUT2D eigenvalue weighted by atomic mass is 16.3. The first-order chi connectivity index (χ1) is 26.7. The van der Waals surface area contributed by atoms with E-state index >= 15 is 0 Å². The molecule has 2 heteroatoms. The van der Waals surface area contributed by atoms with Crippen LogP contribution in [0.25, 0.3) is 120 Å². The van der Waals surface area contributed by atoms with Crippen LogP contribution in [-0.4, -0.2) is 0 Å². The number of fused-ring (bicyclic) bond motifs is 11. The van der Waals surface area contributed by atoms with E-state index in [1.807, 2.05) is 12.1 Å². The molecule has 10 aromatic carbocycles. The Hall–Kier alpha value is -7.16. The molecule has 0 aliphatic rings. The number of rotatable bonds is 3. The van der Waals surface area contributed by atoms with Gasteiger partial charge >= 0.3 is 0 Å². The van der Waals surface area contributed by atoms with Crippen LogP contribution < -0.4 is 0 Å². The summed E-state index contributed by atoms with van der Waals surface area (Å²) in [6.07, 6.45) is 0. The van der Waals surface area contributed by atoms with Crippen molar-refractivity contribution in [2.24, 2.45) is 0 Å². The lowest BCUT2D eigenvalue weighted by Gasteiger charge is -2.18. The van der Waals surface area contributed by atoms with Gasteiger partial charge in [-0.3, -0.25) is 0 Å². The van der Waals surface area contributed by atoms with Crippen LogP contribution in [0, 0.1) is 0 Å². The summed E-state index contributed by atoms with van der Waals surface area (Å²) in [6, 6.07) is 65.8. The molecule has 0 spiro atoms. The van der Waals surface area contributed by atoms with E-state index in [-0.39, 0.29) is 0 Å². The SMILES string of the molecule is c1cc(-c2ccc3ccccc3c2)cc(-c2c3ccccc3c(-c3ccc4oc5cc6c(ccc7c8ccccc8oc67)cc5c4c3)c3ccccc23)c1. The van der Waals surface area contributed by atoms with E-state index in [1.54, 1.807) is 0 Å². The zero-order chi connectivity index (χ0) is 35.3. The minimum absolute atomic E-state index is 0.860. The summed E-state index contributed by atoms with van der Waals surface area (Å²) >= 11 is 0. The zero-order valence-corrected chi connectivity index (χ0v) is 29.1. The van der Waals surface area contributed by atoms with Crippen molar-refractivity contribution in [3.63, 3.8) is 0 Å². The van der Waals surface area contributed by atoms with Gasteiger partial charge in [-0.05, 0) is 120 Å². The number of benzene rings is 10. The second kappa shape index (κ2) is 11.2. The summed E-state index contributed by atoms with van der Waals surface area (Å²) in [5.74, 6) is 0. The lowest BCUT2D eigenvalue weighted by molar-refractivity contribution is 0.667. The fourth-order valence-electron chi connectivity index (χ4n) is 8.91. The molecular weight excluding hydrogens is 657 g/mol. The molecule has 0 bridgehead atoms. The normalized spacial score (nSPS) is 12.1. The lowest BCUT2D eigenvalue weighted by Crippen LogP contribution is -1.91. The molecule has 2 aromatic heterocycles. The van der Waals surface area contributed by atoms with E-state index < -0.39 is 0 Å². The van der Waals surface area contributed by atoms with Crippen molar-refractivity contribution in [1.29, 1.82) is 0 Å². The van der Waals surface area contributed by atoms with Gasteiger partial charge in [0.1, 0.15) is 22.3 Å². The van der Waals surface area contributed by atoms with Crippen LogP contribution in [0.4, 0.5) is 0 Å². The molecule has 0 aliphatic carbocycles. The predicted molar refractivity (Wildman–Crippen MR) is 227 cm³/mol. The molecule has 0 N–H and O–H groups in total. The fourth-order valence-corrected chi connectivity index (χ4v) is 8.91. The van der Waals surface area contributed by atoms with Crippen molar-refractivity contribution in [2.75, 3.05) is 0 Å². The smallest absolute Gasteiger partial charge is 0.143 e. The summed E-state index contributed by atoms with van der Waals surface area (Å²) in [7, 11) is 0. The molecule has 0 amide bonds. The number of hydrogen-bond donors (Lipinski definition) is 0. The summed E-state index contributed by atoms with van der Waals surface area (Å²) in [4.78, 5) is 0. The average Bonchev–Trinajstić information content (AvgIpc) is 3.79. The fraction of sp³-hybridized carbons (Fsp3) is 0. The molecule has 0 atom stereocenters. The Morgan fingerprint density at radius 3 is 1.59 bits per heavy atom. The largest absolute Gasteiger partial charge is 0.456 e. The number of hydrogen-bond acceptors (Lipinski definition) is 2. The maximum absolute atomic E-state index is 6.56. The third kappa shape index (κ3) is 4.28. The Balaban J connectivity index is 1.06. The molecule has 0 saturated carbocycles. The molecule has 0 aliphatic heterocycles. The highest BCUT2D eigenvalue weighted by Crippen LogP contribution is 2.46. The molecule has 12 rings (SSSR count). The highest BCUT2D eigenvalue weighted by Gasteiger charge is 2.19.